The van der Waals surface area contributed by atoms with Gasteiger partial charge in [-0.1, -0.05) is 19.0 Å². The van der Waals surface area contributed by atoms with E-state index in [0.29, 0.717) is 17.9 Å². The second-order valence-corrected chi connectivity index (χ2v) is 3.45. The van der Waals surface area contributed by atoms with E-state index in [-0.39, 0.29) is 18.2 Å². The number of nitrogens with one attached hydrogen (secondary N) is 2. The minimum atomic E-state index is -0.267. The first-order chi connectivity index (χ1) is 8.70. The summed E-state index contributed by atoms with van der Waals surface area (Å²) in [6.45, 7) is 6.89. The van der Waals surface area contributed by atoms with Crippen molar-refractivity contribution in [2.24, 2.45) is 0 Å². The predicted octanol–water partition coefficient (Wildman–Crippen LogP) is 0.841. The van der Waals surface area contributed by atoms with Gasteiger partial charge in [-0.15, -0.1) is 0 Å². The number of carbonyl (C=O) groups is 1. The Hall–Kier alpha value is -1.40. The van der Waals surface area contributed by atoms with E-state index in [1.54, 1.807) is 6.92 Å². The fraction of sp³-hybridized carbons (Fsp3) is 0.667. The highest BCUT2D eigenvalue weighted by atomic mass is 16.5. The van der Waals surface area contributed by atoms with Gasteiger partial charge in [-0.05, 0) is 26.9 Å². The van der Waals surface area contributed by atoms with E-state index in [9.17, 15) is 4.79 Å². The maximum absolute atomic E-state index is 11.6. The lowest BCUT2D eigenvalue weighted by Crippen LogP contribution is -2.27. The summed E-state index contributed by atoms with van der Waals surface area (Å²) in [5.41, 5.74) is 0.835. The van der Waals surface area contributed by atoms with Crippen molar-refractivity contribution >= 4 is 5.91 Å². The lowest BCUT2D eigenvalue weighted by atomic mass is 10.2. The van der Waals surface area contributed by atoms with Crippen molar-refractivity contribution in [3.63, 3.8) is 0 Å². The molecule has 1 aromatic rings. The maximum atomic E-state index is 11.6. The first kappa shape index (κ1) is 16.6. The molecule has 0 saturated carbocycles. The third kappa shape index (κ3) is 4.85. The summed E-state index contributed by atoms with van der Waals surface area (Å²) in [5.74, 6) is 0.0671. The lowest BCUT2D eigenvalue weighted by Gasteiger charge is -2.02. The number of hydrogen-bond acceptors (Lipinski definition) is 5. The Morgan fingerprint density at radius 2 is 2.06 bits per heavy atom. The van der Waals surface area contributed by atoms with Crippen LogP contribution in [0.3, 0.4) is 0 Å². The summed E-state index contributed by atoms with van der Waals surface area (Å²) in [7, 11) is 1.86. The number of hydrogen-bond donors (Lipinski definition) is 3. The fourth-order valence-corrected chi connectivity index (χ4v) is 1.28. The Bertz CT molecular complexity index is 350. The lowest BCUT2D eigenvalue weighted by molar-refractivity contribution is 0.0943. The summed E-state index contributed by atoms with van der Waals surface area (Å²) in [6, 6.07) is 0. The van der Waals surface area contributed by atoms with Crippen molar-refractivity contribution in [3.05, 3.63) is 17.0 Å². The van der Waals surface area contributed by atoms with Crippen LogP contribution in [0, 0.1) is 6.92 Å². The van der Waals surface area contributed by atoms with Crippen LogP contribution in [0.25, 0.3) is 0 Å². The minimum absolute atomic E-state index is 0.244. The van der Waals surface area contributed by atoms with Crippen molar-refractivity contribution in [2.45, 2.75) is 33.8 Å². The van der Waals surface area contributed by atoms with Crippen molar-refractivity contribution in [1.29, 1.82) is 0 Å². The Labute approximate surface area is 108 Å². The second-order valence-electron chi connectivity index (χ2n) is 3.45. The molecule has 0 aliphatic carbocycles. The molecule has 104 valence electrons. The fourth-order valence-electron chi connectivity index (χ4n) is 1.28. The molecule has 6 nitrogen and oxygen atoms in total. The number of aliphatic hydroxyl groups is 1. The molecule has 0 aliphatic heterocycles. The summed E-state index contributed by atoms with van der Waals surface area (Å²) in [6.07, 6.45) is 0.853. The van der Waals surface area contributed by atoms with Gasteiger partial charge in [-0.2, -0.15) is 0 Å². The molecule has 0 saturated heterocycles. The monoisotopic (exact) mass is 257 g/mol. The van der Waals surface area contributed by atoms with Crippen LogP contribution < -0.4 is 10.6 Å². The molecule has 1 amide bonds. The van der Waals surface area contributed by atoms with Gasteiger partial charge < -0.3 is 20.3 Å². The minimum Gasteiger partial charge on any atom is -0.388 e. The van der Waals surface area contributed by atoms with Crippen molar-refractivity contribution in [1.82, 2.24) is 15.8 Å². The van der Waals surface area contributed by atoms with Crippen LogP contribution in [0.2, 0.25) is 0 Å². The number of aliphatic hydroxyl groups excluding tert-OH is 1. The van der Waals surface area contributed by atoms with Crippen LogP contribution in [0.15, 0.2) is 4.52 Å². The van der Waals surface area contributed by atoms with Crippen molar-refractivity contribution in [2.75, 3.05) is 20.1 Å². The van der Waals surface area contributed by atoms with Gasteiger partial charge in [0.2, 0.25) is 0 Å². The molecule has 3 N–H and O–H groups in total. The summed E-state index contributed by atoms with van der Waals surface area (Å²) in [4.78, 5) is 11.6. The predicted molar refractivity (Wildman–Crippen MR) is 69.4 cm³/mol. The highest BCUT2D eigenvalue weighted by Crippen LogP contribution is 2.12. The maximum Gasteiger partial charge on any atom is 0.273 e. The van der Waals surface area contributed by atoms with E-state index in [4.69, 9.17) is 9.63 Å². The molecule has 1 aromatic heterocycles. The van der Waals surface area contributed by atoms with Crippen LogP contribution in [0.5, 0.6) is 0 Å². The van der Waals surface area contributed by atoms with E-state index in [1.807, 2.05) is 20.9 Å². The first-order valence-electron chi connectivity index (χ1n) is 6.19. The molecule has 0 bridgehead atoms. The molecule has 0 unspecified atom stereocenters. The van der Waals surface area contributed by atoms with Crippen LogP contribution in [0.4, 0.5) is 0 Å². The number of aromatic nitrogens is 1. The molecule has 0 radical (unpaired) electrons. The zero-order valence-electron chi connectivity index (χ0n) is 11.5. The van der Waals surface area contributed by atoms with E-state index in [1.165, 1.54) is 0 Å². The molecular weight excluding hydrogens is 234 g/mol. The highest BCUT2D eigenvalue weighted by Gasteiger charge is 2.17. The SMILES string of the molecule is CC.CNCCCNC(=O)c1noc(CO)c1C. The standard InChI is InChI=1S/C10H17N3O3.C2H6/c1-7-8(6-14)16-13-9(7)10(15)12-5-3-4-11-2;1-2/h11,14H,3-6H2,1-2H3,(H,12,15);1-2H3. The van der Waals surface area contributed by atoms with Gasteiger partial charge in [-0.3, -0.25) is 4.79 Å². The quantitative estimate of drug-likeness (QED) is 0.657. The van der Waals surface area contributed by atoms with Gasteiger partial charge >= 0.3 is 0 Å². The molecule has 0 aromatic carbocycles. The van der Waals surface area contributed by atoms with E-state index in [2.05, 4.69) is 15.8 Å². The highest BCUT2D eigenvalue weighted by molar-refractivity contribution is 5.93. The zero-order valence-corrected chi connectivity index (χ0v) is 11.5. The normalized spacial score (nSPS) is 9.61. The molecular formula is C12H23N3O3. The molecule has 0 spiro atoms. The van der Waals surface area contributed by atoms with E-state index >= 15 is 0 Å². The molecule has 18 heavy (non-hydrogen) atoms. The van der Waals surface area contributed by atoms with Crippen LogP contribution in [0.1, 0.15) is 42.1 Å². The van der Waals surface area contributed by atoms with Crippen LogP contribution >= 0.6 is 0 Å². The first-order valence-corrected chi connectivity index (χ1v) is 6.19. The number of amides is 1. The third-order valence-electron chi connectivity index (χ3n) is 2.27. The second kappa shape index (κ2) is 9.61. The molecule has 0 fully saturated rings. The number of nitrogens with zero attached hydrogens (tertiary/aromatic N) is 1. The van der Waals surface area contributed by atoms with Crippen molar-refractivity contribution in [3.8, 4) is 0 Å². The summed E-state index contributed by atoms with van der Waals surface area (Å²) in [5, 5.41) is 18.2. The number of carbonyl (C=O) groups excluding carboxylic acids is 1. The molecule has 1 rings (SSSR count). The number of rotatable bonds is 6. The summed E-state index contributed by atoms with van der Waals surface area (Å²) < 4.78 is 4.82. The molecule has 0 atom stereocenters. The van der Waals surface area contributed by atoms with E-state index < -0.39 is 0 Å². The molecule has 0 aliphatic rings. The Morgan fingerprint density at radius 1 is 1.39 bits per heavy atom. The largest absolute Gasteiger partial charge is 0.388 e. The average Bonchev–Trinajstić information content (AvgIpc) is 2.78. The van der Waals surface area contributed by atoms with Crippen molar-refractivity contribution < 1.29 is 14.4 Å². The van der Waals surface area contributed by atoms with Crippen LogP contribution in [-0.2, 0) is 6.61 Å². The average molecular weight is 257 g/mol. The molecule has 1 heterocycles. The van der Waals surface area contributed by atoms with E-state index in [0.717, 1.165) is 13.0 Å². The Morgan fingerprint density at radius 3 is 2.56 bits per heavy atom. The smallest absolute Gasteiger partial charge is 0.273 e. The van der Waals surface area contributed by atoms with Gasteiger partial charge in [-0.25, -0.2) is 0 Å². The Kier molecular flexibility index (Phi) is 8.86. The third-order valence-corrected chi connectivity index (χ3v) is 2.27. The van der Waals surface area contributed by atoms with Gasteiger partial charge in [0.1, 0.15) is 6.61 Å². The topological polar surface area (TPSA) is 87.4 Å². The van der Waals surface area contributed by atoms with Crippen LogP contribution in [-0.4, -0.2) is 36.3 Å². The Balaban J connectivity index is 0.00000137. The van der Waals surface area contributed by atoms with Gasteiger partial charge in [0, 0.05) is 12.1 Å². The molecule has 6 heteroatoms. The van der Waals surface area contributed by atoms with Gasteiger partial charge in [0.25, 0.3) is 5.91 Å². The zero-order chi connectivity index (χ0) is 14.0. The van der Waals surface area contributed by atoms with Gasteiger partial charge in [0.05, 0.1) is 0 Å². The van der Waals surface area contributed by atoms with Gasteiger partial charge in [0.15, 0.2) is 11.5 Å². The summed E-state index contributed by atoms with van der Waals surface area (Å²) >= 11 is 0.